The molecule has 1 heterocycles. The number of hydrogen-bond acceptors (Lipinski definition) is 7. The van der Waals surface area contributed by atoms with Crippen LogP contribution in [0.1, 0.15) is 0 Å². The van der Waals surface area contributed by atoms with Gasteiger partial charge in [-0.3, -0.25) is 10.1 Å². The van der Waals surface area contributed by atoms with Crippen molar-refractivity contribution in [3.05, 3.63) is 69.4 Å². The Balaban J connectivity index is 1.95. The highest BCUT2D eigenvalue weighted by molar-refractivity contribution is 9.10. The van der Waals surface area contributed by atoms with Gasteiger partial charge in [0.05, 0.1) is 12.0 Å². The lowest BCUT2D eigenvalue weighted by Crippen LogP contribution is -2.03. The van der Waals surface area contributed by atoms with Gasteiger partial charge in [0, 0.05) is 16.2 Å². The second-order valence-electron chi connectivity index (χ2n) is 5.05. The lowest BCUT2D eigenvalue weighted by atomic mass is 10.3. The van der Waals surface area contributed by atoms with Crippen molar-refractivity contribution in [1.82, 2.24) is 9.97 Å². The first kappa shape index (κ1) is 17.6. The normalized spacial score (nSPS) is 10.2. The first-order chi connectivity index (χ1) is 12.6. The predicted molar refractivity (Wildman–Crippen MR) is 99.2 cm³/mol. The Labute approximate surface area is 157 Å². The standard InChI is InChI=1S/C17H13BrN4O4/c1-25-14-4-2-3-12(9-14)21-16-15(22(23)24)17(20-10-19-16)26-13-7-5-11(18)6-8-13/h2-10H,1H3,(H,19,20,21). The van der Waals surface area contributed by atoms with E-state index in [0.717, 1.165) is 4.47 Å². The van der Waals surface area contributed by atoms with Crippen LogP contribution in [0.4, 0.5) is 17.2 Å². The minimum Gasteiger partial charge on any atom is -0.497 e. The fraction of sp³-hybridized carbons (Fsp3) is 0.0588. The SMILES string of the molecule is COc1cccc(Nc2ncnc(Oc3ccc(Br)cc3)c2[N+](=O)[O-])c1. The summed E-state index contributed by atoms with van der Waals surface area (Å²) in [5, 5.41) is 14.5. The Bertz CT molecular complexity index is 934. The Kier molecular flexibility index (Phi) is 5.28. The highest BCUT2D eigenvalue weighted by Gasteiger charge is 2.25. The summed E-state index contributed by atoms with van der Waals surface area (Å²) in [7, 11) is 1.54. The van der Waals surface area contributed by atoms with Crippen molar-refractivity contribution >= 4 is 33.1 Å². The summed E-state index contributed by atoms with van der Waals surface area (Å²) in [6.07, 6.45) is 1.20. The van der Waals surface area contributed by atoms with Gasteiger partial charge in [-0.05, 0) is 36.4 Å². The molecule has 0 aliphatic heterocycles. The molecule has 0 spiro atoms. The number of nitrogens with one attached hydrogen (secondary N) is 1. The number of methoxy groups -OCH3 is 1. The van der Waals surface area contributed by atoms with Crippen molar-refractivity contribution in [2.24, 2.45) is 0 Å². The van der Waals surface area contributed by atoms with Crippen molar-refractivity contribution in [3.8, 4) is 17.4 Å². The minimum atomic E-state index is -0.587. The molecule has 0 amide bonds. The summed E-state index contributed by atoms with van der Waals surface area (Å²) < 4.78 is 11.6. The predicted octanol–water partition coefficient (Wildman–Crippen LogP) is 4.69. The molecule has 0 bridgehead atoms. The van der Waals surface area contributed by atoms with Crippen LogP contribution in [0.25, 0.3) is 0 Å². The van der Waals surface area contributed by atoms with Gasteiger partial charge in [-0.25, -0.2) is 4.98 Å². The van der Waals surface area contributed by atoms with Crippen LogP contribution in [0.5, 0.6) is 17.4 Å². The maximum Gasteiger partial charge on any atom is 0.373 e. The van der Waals surface area contributed by atoms with Crippen molar-refractivity contribution in [2.75, 3.05) is 12.4 Å². The molecular weight excluding hydrogens is 404 g/mol. The van der Waals surface area contributed by atoms with E-state index >= 15 is 0 Å². The van der Waals surface area contributed by atoms with E-state index in [1.54, 1.807) is 48.5 Å². The molecule has 1 N–H and O–H groups in total. The highest BCUT2D eigenvalue weighted by Crippen LogP contribution is 2.36. The number of nitrogens with zero attached hydrogens (tertiary/aromatic N) is 3. The molecule has 0 aliphatic rings. The molecule has 2 aromatic carbocycles. The lowest BCUT2D eigenvalue weighted by Gasteiger charge is -2.10. The molecule has 0 radical (unpaired) electrons. The molecule has 0 saturated heterocycles. The van der Waals surface area contributed by atoms with Crippen LogP contribution >= 0.6 is 15.9 Å². The molecule has 3 rings (SSSR count). The fourth-order valence-corrected chi connectivity index (χ4v) is 2.41. The van der Waals surface area contributed by atoms with Crippen LogP contribution in [0, 0.1) is 10.1 Å². The van der Waals surface area contributed by atoms with Gasteiger partial charge in [-0.1, -0.05) is 22.0 Å². The number of ether oxygens (including phenoxy) is 2. The summed E-state index contributed by atoms with van der Waals surface area (Å²) in [6, 6.07) is 13.8. The number of aromatic nitrogens is 2. The molecule has 9 heteroatoms. The second-order valence-corrected chi connectivity index (χ2v) is 5.96. The first-order valence-electron chi connectivity index (χ1n) is 7.40. The molecule has 0 aliphatic carbocycles. The number of benzene rings is 2. The average molecular weight is 417 g/mol. The Morgan fingerprint density at radius 3 is 2.58 bits per heavy atom. The van der Waals surface area contributed by atoms with Crippen molar-refractivity contribution in [3.63, 3.8) is 0 Å². The molecule has 26 heavy (non-hydrogen) atoms. The number of rotatable bonds is 6. The smallest absolute Gasteiger partial charge is 0.373 e. The van der Waals surface area contributed by atoms with E-state index in [9.17, 15) is 10.1 Å². The summed E-state index contributed by atoms with van der Waals surface area (Å²) >= 11 is 3.32. The zero-order valence-corrected chi connectivity index (χ0v) is 15.1. The van der Waals surface area contributed by atoms with E-state index in [1.807, 2.05) is 0 Å². The Morgan fingerprint density at radius 2 is 1.88 bits per heavy atom. The summed E-state index contributed by atoms with van der Waals surface area (Å²) in [4.78, 5) is 18.9. The fourth-order valence-electron chi connectivity index (χ4n) is 2.15. The number of halogens is 1. The second kappa shape index (κ2) is 7.79. The van der Waals surface area contributed by atoms with Crippen LogP contribution in [-0.4, -0.2) is 22.0 Å². The van der Waals surface area contributed by atoms with E-state index in [2.05, 4.69) is 31.2 Å². The van der Waals surface area contributed by atoms with E-state index in [1.165, 1.54) is 13.4 Å². The van der Waals surface area contributed by atoms with Crippen LogP contribution in [-0.2, 0) is 0 Å². The third-order valence-electron chi connectivity index (χ3n) is 3.33. The van der Waals surface area contributed by atoms with Crippen molar-refractivity contribution < 1.29 is 14.4 Å². The summed E-state index contributed by atoms with van der Waals surface area (Å²) in [5.41, 5.74) is 0.221. The van der Waals surface area contributed by atoms with Crippen LogP contribution in [0.2, 0.25) is 0 Å². The topological polar surface area (TPSA) is 99.4 Å². The van der Waals surface area contributed by atoms with Gasteiger partial charge in [0.15, 0.2) is 0 Å². The van der Waals surface area contributed by atoms with E-state index in [0.29, 0.717) is 17.2 Å². The van der Waals surface area contributed by atoms with Gasteiger partial charge in [-0.15, -0.1) is 0 Å². The van der Waals surface area contributed by atoms with Crippen LogP contribution < -0.4 is 14.8 Å². The third kappa shape index (κ3) is 4.06. The monoisotopic (exact) mass is 416 g/mol. The maximum absolute atomic E-state index is 11.6. The van der Waals surface area contributed by atoms with E-state index < -0.39 is 4.92 Å². The molecule has 0 unspecified atom stereocenters. The molecule has 0 saturated carbocycles. The average Bonchev–Trinajstić information content (AvgIpc) is 2.64. The van der Waals surface area contributed by atoms with E-state index in [4.69, 9.17) is 9.47 Å². The van der Waals surface area contributed by atoms with Gasteiger partial charge in [0.1, 0.15) is 17.8 Å². The Hall–Kier alpha value is -3.20. The molecule has 8 nitrogen and oxygen atoms in total. The quantitative estimate of drug-likeness (QED) is 0.459. The van der Waals surface area contributed by atoms with Crippen molar-refractivity contribution in [1.29, 1.82) is 0 Å². The number of nitro groups is 1. The van der Waals surface area contributed by atoms with Crippen LogP contribution in [0.3, 0.4) is 0 Å². The van der Waals surface area contributed by atoms with Gasteiger partial charge < -0.3 is 14.8 Å². The summed E-state index contributed by atoms with van der Waals surface area (Å²) in [5.74, 6) is 0.892. The zero-order valence-electron chi connectivity index (χ0n) is 13.5. The van der Waals surface area contributed by atoms with Gasteiger partial charge in [0.25, 0.3) is 0 Å². The van der Waals surface area contributed by atoms with Gasteiger partial charge in [0.2, 0.25) is 5.82 Å². The molecule has 132 valence electrons. The van der Waals surface area contributed by atoms with Crippen molar-refractivity contribution in [2.45, 2.75) is 0 Å². The maximum atomic E-state index is 11.6. The van der Waals surface area contributed by atoms with Crippen LogP contribution in [0.15, 0.2) is 59.3 Å². The van der Waals surface area contributed by atoms with Gasteiger partial charge >= 0.3 is 11.6 Å². The molecule has 0 atom stereocenters. The Morgan fingerprint density at radius 1 is 1.12 bits per heavy atom. The third-order valence-corrected chi connectivity index (χ3v) is 3.86. The largest absolute Gasteiger partial charge is 0.497 e. The number of hydrogen-bond donors (Lipinski definition) is 1. The number of anilines is 2. The highest BCUT2D eigenvalue weighted by atomic mass is 79.9. The molecule has 1 aromatic heterocycles. The lowest BCUT2D eigenvalue weighted by molar-refractivity contribution is -0.385. The minimum absolute atomic E-state index is 0.0189. The zero-order chi connectivity index (χ0) is 18.5. The molecular formula is C17H13BrN4O4. The first-order valence-corrected chi connectivity index (χ1v) is 8.20. The summed E-state index contributed by atoms with van der Waals surface area (Å²) in [6.45, 7) is 0. The van der Waals surface area contributed by atoms with Gasteiger partial charge in [-0.2, -0.15) is 4.98 Å². The molecule has 0 fully saturated rings. The molecule has 3 aromatic rings. The van der Waals surface area contributed by atoms with E-state index in [-0.39, 0.29) is 17.4 Å².